The summed E-state index contributed by atoms with van der Waals surface area (Å²) in [5, 5.41) is 0.763. The van der Waals surface area contributed by atoms with Crippen molar-refractivity contribution in [3.05, 3.63) is 29.8 Å². The van der Waals surface area contributed by atoms with Crippen molar-refractivity contribution in [1.82, 2.24) is 5.06 Å². The number of hydrogen-bond donors (Lipinski definition) is 0. The monoisotopic (exact) mass is 297 g/mol. The molecule has 0 aliphatic heterocycles. The van der Waals surface area contributed by atoms with Crippen LogP contribution >= 0.6 is 0 Å². The fraction of sp³-hybridized carbons (Fsp3) is 0.300. The number of carbonyl (C=O) groups excluding carboxylic acids is 1. The van der Waals surface area contributed by atoms with E-state index in [1.165, 1.54) is 20.2 Å². The Balaban J connectivity index is 3.26. The minimum atomic E-state index is -5.48. The third-order valence-electron chi connectivity index (χ3n) is 2.26. The molecule has 0 N–H and O–H groups in total. The Morgan fingerprint density at radius 1 is 1.32 bits per heavy atom. The molecule has 1 amide bonds. The fourth-order valence-corrected chi connectivity index (χ4v) is 2.00. The molecule has 0 radical (unpaired) electrons. The van der Waals surface area contributed by atoms with E-state index in [1.807, 2.05) is 0 Å². The van der Waals surface area contributed by atoms with Crippen LogP contribution in [0.5, 0.6) is 0 Å². The standard InChI is InChI=1S/C10H10F3NO4S/c1-14(18-2)9(15)7-4-3-5-8(6-7)19(16,17)10(11,12)13/h3-6H,1-2H3. The van der Waals surface area contributed by atoms with Crippen LogP contribution in [0.3, 0.4) is 0 Å². The zero-order valence-corrected chi connectivity index (χ0v) is 10.7. The summed E-state index contributed by atoms with van der Waals surface area (Å²) in [5.74, 6) is -0.762. The van der Waals surface area contributed by atoms with E-state index in [0.717, 1.165) is 17.2 Å². The van der Waals surface area contributed by atoms with E-state index < -0.39 is 26.1 Å². The molecule has 0 spiro atoms. The van der Waals surface area contributed by atoms with E-state index in [4.69, 9.17) is 0 Å². The molecule has 9 heteroatoms. The van der Waals surface area contributed by atoms with E-state index >= 15 is 0 Å². The molecule has 0 bridgehead atoms. The summed E-state index contributed by atoms with van der Waals surface area (Å²) in [6.07, 6.45) is 0. The van der Waals surface area contributed by atoms with Crippen LogP contribution in [0, 0.1) is 0 Å². The molecule has 0 saturated heterocycles. The van der Waals surface area contributed by atoms with Crippen LogP contribution in [0.25, 0.3) is 0 Å². The second-order valence-corrected chi connectivity index (χ2v) is 5.40. The maximum absolute atomic E-state index is 12.4. The molecule has 0 atom stereocenters. The Hall–Kier alpha value is -1.61. The van der Waals surface area contributed by atoms with Crippen LogP contribution in [0.4, 0.5) is 13.2 Å². The van der Waals surface area contributed by atoms with Gasteiger partial charge in [-0.1, -0.05) is 6.07 Å². The van der Waals surface area contributed by atoms with Gasteiger partial charge in [0.25, 0.3) is 15.7 Å². The molecule has 106 valence electrons. The number of nitrogens with zero attached hydrogens (tertiary/aromatic N) is 1. The van der Waals surface area contributed by atoms with Gasteiger partial charge in [0.05, 0.1) is 12.0 Å². The van der Waals surface area contributed by atoms with Gasteiger partial charge in [0.15, 0.2) is 0 Å². The van der Waals surface area contributed by atoms with Gasteiger partial charge in [-0.3, -0.25) is 9.63 Å². The van der Waals surface area contributed by atoms with Crippen molar-refractivity contribution in [1.29, 1.82) is 0 Å². The third kappa shape index (κ3) is 3.04. The van der Waals surface area contributed by atoms with Crippen LogP contribution in [0.2, 0.25) is 0 Å². The molecule has 1 aromatic carbocycles. The first-order valence-corrected chi connectivity index (χ1v) is 6.33. The van der Waals surface area contributed by atoms with Gasteiger partial charge in [-0.25, -0.2) is 13.5 Å². The quantitative estimate of drug-likeness (QED) is 0.795. The van der Waals surface area contributed by atoms with Crippen molar-refractivity contribution < 1.29 is 31.2 Å². The van der Waals surface area contributed by atoms with Gasteiger partial charge in [0.2, 0.25) is 0 Å². The predicted molar refractivity (Wildman–Crippen MR) is 58.8 cm³/mol. The van der Waals surface area contributed by atoms with Crippen LogP contribution < -0.4 is 0 Å². The third-order valence-corrected chi connectivity index (χ3v) is 3.74. The van der Waals surface area contributed by atoms with Crippen molar-refractivity contribution >= 4 is 15.7 Å². The maximum atomic E-state index is 12.4. The normalized spacial score (nSPS) is 12.3. The lowest BCUT2D eigenvalue weighted by atomic mass is 10.2. The molecule has 1 aromatic rings. The molecule has 0 saturated carbocycles. The minimum absolute atomic E-state index is 0.227. The topological polar surface area (TPSA) is 63.7 Å². The molecule has 19 heavy (non-hydrogen) atoms. The molecule has 0 aromatic heterocycles. The lowest BCUT2D eigenvalue weighted by molar-refractivity contribution is -0.0757. The minimum Gasteiger partial charge on any atom is -0.274 e. The molecular weight excluding hydrogens is 287 g/mol. The molecule has 5 nitrogen and oxygen atoms in total. The summed E-state index contributed by atoms with van der Waals surface area (Å²) in [6.45, 7) is 0. The first-order chi connectivity index (χ1) is 8.61. The van der Waals surface area contributed by atoms with Gasteiger partial charge in [0, 0.05) is 12.6 Å². The average molecular weight is 297 g/mol. The maximum Gasteiger partial charge on any atom is 0.501 e. The molecular formula is C10H10F3NO4S. The van der Waals surface area contributed by atoms with Crippen molar-refractivity contribution in [3.8, 4) is 0 Å². The lowest BCUT2D eigenvalue weighted by Crippen LogP contribution is -2.26. The van der Waals surface area contributed by atoms with Gasteiger partial charge < -0.3 is 0 Å². The Morgan fingerprint density at radius 3 is 2.37 bits per heavy atom. The van der Waals surface area contributed by atoms with Crippen LogP contribution in [-0.4, -0.2) is 39.1 Å². The number of hydrogen-bond acceptors (Lipinski definition) is 4. The summed E-state index contributed by atoms with van der Waals surface area (Å²) in [7, 11) is -3.04. The van der Waals surface area contributed by atoms with Gasteiger partial charge in [-0.2, -0.15) is 13.2 Å². The number of hydroxylamine groups is 2. The second-order valence-electron chi connectivity index (χ2n) is 3.46. The van der Waals surface area contributed by atoms with Crippen molar-refractivity contribution in [2.75, 3.05) is 14.2 Å². The summed E-state index contributed by atoms with van der Waals surface area (Å²) < 4.78 is 59.5. The van der Waals surface area contributed by atoms with E-state index in [1.54, 1.807) is 0 Å². The van der Waals surface area contributed by atoms with Gasteiger partial charge in [-0.05, 0) is 18.2 Å². The number of benzene rings is 1. The Kier molecular flexibility index (Phi) is 4.21. The highest BCUT2D eigenvalue weighted by atomic mass is 32.2. The zero-order valence-electron chi connectivity index (χ0n) is 9.93. The first-order valence-electron chi connectivity index (χ1n) is 4.85. The number of rotatable bonds is 3. The summed E-state index contributed by atoms with van der Waals surface area (Å²) in [6, 6.07) is 3.66. The van der Waals surface area contributed by atoms with Gasteiger partial charge in [-0.15, -0.1) is 0 Å². The predicted octanol–water partition coefficient (Wildman–Crippen LogP) is 1.61. The number of amides is 1. The molecule has 0 aliphatic carbocycles. The highest BCUT2D eigenvalue weighted by molar-refractivity contribution is 7.92. The summed E-state index contributed by atoms with van der Waals surface area (Å²) in [5.41, 5.74) is -5.64. The molecule has 1 rings (SSSR count). The van der Waals surface area contributed by atoms with E-state index in [9.17, 15) is 26.4 Å². The molecule has 0 fully saturated rings. The number of alkyl halides is 3. The fourth-order valence-electron chi connectivity index (χ4n) is 1.19. The Morgan fingerprint density at radius 2 is 1.89 bits per heavy atom. The van der Waals surface area contributed by atoms with Crippen LogP contribution in [-0.2, 0) is 14.7 Å². The summed E-state index contributed by atoms with van der Waals surface area (Å²) >= 11 is 0. The van der Waals surface area contributed by atoms with Crippen LogP contribution in [0.1, 0.15) is 10.4 Å². The highest BCUT2D eigenvalue weighted by Crippen LogP contribution is 2.30. The SMILES string of the molecule is CON(C)C(=O)c1cccc(S(=O)(=O)C(F)(F)F)c1. The second kappa shape index (κ2) is 5.17. The molecule has 0 heterocycles. The smallest absolute Gasteiger partial charge is 0.274 e. The first kappa shape index (κ1) is 15.4. The van der Waals surface area contributed by atoms with Crippen molar-refractivity contribution in [2.45, 2.75) is 10.4 Å². The Bertz CT molecular complexity index is 583. The van der Waals surface area contributed by atoms with E-state index in [0.29, 0.717) is 6.07 Å². The van der Waals surface area contributed by atoms with Crippen LogP contribution in [0.15, 0.2) is 29.2 Å². The van der Waals surface area contributed by atoms with E-state index in [2.05, 4.69) is 4.84 Å². The highest BCUT2D eigenvalue weighted by Gasteiger charge is 2.47. The summed E-state index contributed by atoms with van der Waals surface area (Å²) in [4.78, 5) is 15.2. The zero-order chi connectivity index (χ0) is 14.8. The van der Waals surface area contributed by atoms with Crippen molar-refractivity contribution in [3.63, 3.8) is 0 Å². The van der Waals surface area contributed by atoms with Gasteiger partial charge in [0.1, 0.15) is 0 Å². The number of sulfone groups is 1. The number of carbonyl (C=O) groups is 1. The van der Waals surface area contributed by atoms with E-state index in [-0.39, 0.29) is 5.56 Å². The Labute approximate surface area is 107 Å². The number of halogens is 3. The lowest BCUT2D eigenvalue weighted by Gasteiger charge is -2.14. The van der Waals surface area contributed by atoms with Gasteiger partial charge >= 0.3 is 5.51 Å². The molecule has 0 unspecified atom stereocenters. The molecule has 0 aliphatic rings. The average Bonchev–Trinajstić information content (AvgIpc) is 2.35. The van der Waals surface area contributed by atoms with Crippen molar-refractivity contribution in [2.24, 2.45) is 0 Å². The largest absolute Gasteiger partial charge is 0.501 e.